The van der Waals surface area contributed by atoms with Gasteiger partial charge in [0.15, 0.2) is 0 Å². The van der Waals surface area contributed by atoms with Crippen LogP contribution in [0.25, 0.3) is 12.2 Å². The highest BCUT2D eigenvalue weighted by molar-refractivity contribution is 6.24. The Labute approximate surface area is 142 Å². The molecule has 2 heterocycles. The van der Waals surface area contributed by atoms with Crippen molar-refractivity contribution in [3.05, 3.63) is 32.6 Å². The van der Waals surface area contributed by atoms with Crippen LogP contribution in [0, 0.1) is 5.41 Å². The predicted octanol–water partition coefficient (Wildman–Crippen LogP) is -0.301. The summed E-state index contributed by atoms with van der Waals surface area (Å²) in [6, 6.07) is 0.179. The van der Waals surface area contributed by atoms with E-state index in [2.05, 4.69) is 4.90 Å². The van der Waals surface area contributed by atoms with Gasteiger partial charge in [-0.05, 0) is 32.9 Å². The fraction of sp³-hybridized carbons (Fsp3) is 0.471. The van der Waals surface area contributed by atoms with Crippen molar-refractivity contribution < 1.29 is 9.53 Å². The lowest BCUT2D eigenvalue weighted by atomic mass is 9.87. The maximum absolute atomic E-state index is 12.8. The molecule has 1 aromatic rings. The van der Waals surface area contributed by atoms with Gasteiger partial charge in [0.05, 0.1) is 20.5 Å². The SMILES string of the molecule is [B]C(C=N)/C=c1/c(=O)c(C(=O)OCC)cn(C2CN(C)C2)c1=CC. The second-order valence-electron chi connectivity index (χ2n) is 5.87. The number of rotatable bonds is 5. The smallest absolute Gasteiger partial charge is 0.343 e. The second kappa shape index (κ2) is 7.62. The van der Waals surface area contributed by atoms with Gasteiger partial charge in [0.25, 0.3) is 0 Å². The van der Waals surface area contributed by atoms with E-state index in [0.717, 1.165) is 19.3 Å². The molecule has 0 aliphatic carbocycles. The fourth-order valence-corrected chi connectivity index (χ4v) is 2.87. The molecule has 6 nitrogen and oxygen atoms in total. The normalized spacial score (nSPS) is 18.3. The van der Waals surface area contributed by atoms with E-state index < -0.39 is 17.2 Å². The molecular formula is C17H22BN3O3. The summed E-state index contributed by atoms with van der Waals surface area (Å²) in [6.45, 7) is 5.41. The molecule has 1 atom stereocenters. The van der Waals surface area contributed by atoms with Crippen LogP contribution in [0.2, 0.25) is 5.82 Å². The van der Waals surface area contributed by atoms with E-state index in [9.17, 15) is 9.59 Å². The van der Waals surface area contributed by atoms with E-state index in [-0.39, 0.29) is 18.2 Å². The van der Waals surface area contributed by atoms with E-state index in [1.54, 1.807) is 13.1 Å². The van der Waals surface area contributed by atoms with E-state index in [1.807, 2.05) is 24.6 Å². The molecule has 126 valence electrons. The molecular weight excluding hydrogens is 305 g/mol. The minimum Gasteiger partial charge on any atom is -0.462 e. The number of aromatic nitrogens is 1. The molecule has 0 saturated carbocycles. The second-order valence-corrected chi connectivity index (χ2v) is 5.87. The van der Waals surface area contributed by atoms with E-state index in [1.165, 1.54) is 6.08 Å². The molecule has 0 aromatic carbocycles. The Kier molecular flexibility index (Phi) is 5.77. The first-order valence-electron chi connectivity index (χ1n) is 7.98. The minimum atomic E-state index is -0.689. The number of likely N-dealkylation sites (tertiary alicyclic amines) is 1. The molecule has 7 heteroatoms. The van der Waals surface area contributed by atoms with Crippen molar-refractivity contribution in [2.24, 2.45) is 0 Å². The Balaban J connectivity index is 2.76. The highest BCUT2D eigenvalue weighted by atomic mass is 16.5. The van der Waals surface area contributed by atoms with Gasteiger partial charge < -0.3 is 19.6 Å². The molecule has 0 bridgehead atoms. The summed E-state index contributed by atoms with van der Waals surface area (Å²) in [7, 11) is 7.80. The molecule has 1 aliphatic heterocycles. The molecule has 1 unspecified atom stereocenters. The molecule has 0 spiro atoms. The number of esters is 1. The fourth-order valence-electron chi connectivity index (χ4n) is 2.87. The quantitative estimate of drug-likeness (QED) is 0.458. The summed E-state index contributed by atoms with van der Waals surface area (Å²) in [6.07, 6.45) is 5.99. The highest BCUT2D eigenvalue weighted by Gasteiger charge is 2.26. The van der Waals surface area contributed by atoms with Crippen molar-refractivity contribution >= 4 is 32.2 Å². The van der Waals surface area contributed by atoms with Gasteiger partial charge in [-0.2, -0.15) is 0 Å². The van der Waals surface area contributed by atoms with Gasteiger partial charge in [0.1, 0.15) is 5.56 Å². The lowest BCUT2D eigenvalue weighted by Crippen LogP contribution is -2.54. The third-order valence-corrected chi connectivity index (χ3v) is 4.07. The van der Waals surface area contributed by atoms with E-state index in [4.69, 9.17) is 18.0 Å². The molecule has 1 fully saturated rings. The average molecular weight is 327 g/mol. The van der Waals surface area contributed by atoms with Gasteiger partial charge in [-0.15, -0.1) is 0 Å². The Bertz CT molecular complexity index is 810. The summed E-state index contributed by atoms with van der Waals surface area (Å²) in [4.78, 5) is 27.1. The van der Waals surface area contributed by atoms with E-state index >= 15 is 0 Å². The minimum absolute atomic E-state index is 0.000402. The number of likely N-dealkylation sites (N-methyl/N-ethyl adjacent to an activating group) is 1. The van der Waals surface area contributed by atoms with Crippen molar-refractivity contribution in [3.8, 4) is 0 Å². The standard InChI is InChI=1S/C17H22BN3O3/c1-4-15-13(6-11(18)7-19)16(22)14(17(23)24-5-2)10-21(15)12-8-20(3)9-12/h4,6-7,10-12,19H,5,8-9H2,1-3H3/b13-6+,15-4?,19-7?. The van der Waals surface area contributed by atoms with Crippen molar-refractivity contribution in [1.29, 1.82) is 5.41 Å². The Hall–Kier alpha value is -2.15. The molecule has 2 radical (unpaired) electrons. The number of carbonyl (C=O) groups is 1. The molecule has 1 N–H and O–H groups in total. The Morgan fingerprint density at radius 3 is 2.71 bits per heavy atom. The largest absolute Gasteiger partial charge is 0.462 e. The molecule has 0 amide bonds. The topological polar surface area (TPSA) is 75.4 Å². The lowest BCUT2D eigenvalue weighted by molar-refractivity contribution is 0.0522. The van der Waals surface area contributed by atoms with Crippen molar-refractivity contribution in [2.45, 2.75) is 25.7 Å². The van der Waals surface area contributed by atoms with Crippen LogP contribution < -0.4 is 16.0 Å². The van der Waals surface area contributed by atoms with Crippen LogP contribution in [0.1, 0.15) is 30.2 Å². The first-order chi connectivity index (χ1) is 11.4. The molecule has 1 saturated heterocycles. The van der Waals surface area contributed by atoms with Crippen LogP contribution in [-0.4, -0.2) is 56.2 Å². The lowest BCUT2D eigenvalue weighted by Gasteiger charge is -2.38. The Morgan fingerprint density at radius 1 is 1.54 bits per heavy atom. The molecule has 2 rings (SSSR count). The molecule has 1 aromatic heterocycles. The maximum Gasteiger partial charge on any atom is 0.343 e. The van der Waals surface area contributed by atoms with Crippen LogP contribution in [0.4, 0.5) is 0 Å². The summed E-state index contributed by atoms with van der Waals surface area (Å²) < 4.78 is 6.95. The molecule has 24 heavy (non-hydrogen) atoms. The summed E-state index contributed by atoms with van der Waals surface area (Å²) >= 11 is 0. The average Bonchev–Trinajstić information content (AvgIpc) is 2.53. The van der Waals surface area contributed by atoms with Crippen LogP contribution in [-0.2, 0) is 4.74 Å². The zero-order chi connectivity index (χ0) is 17.9. The monoisotopic (exact) mass is 327 g/mol. The number of nitrogens with one attached hydrogen (secondary N) is 1. The first kappa shape index (κ1) is 18.2. The third-order valence-electron chi connectivity index (χ3n) is 4.07. The summed E-state index contributed by atoms with van der Waals surface area (Å²) in [5.41, 5.74) is -0.414. The predicted molar refractivity (Wildman–Crippen MR) is 95.3 cm³/mol. The Morgan fingerprint density at radius 2 is 2.21 bits per heavy atom. The number of carbonyl (C=O) groups excluding carboxylic acids is 1. The van der Waals surface area contributed by atoms with Gasteiger partial charge in [0.2, 0.25) is 5.43 Å². The summed E-state index contributed by atoms with van der Waals surface area (Å²) in [5, 5.41) is 8.33. The van der Waals surface area contributed by atoms with Crippen molar-refractivity contribution in [1.82, 2.24) is 9.47 Å². The maximum atomic E-state index is 12.8. The van der Waals surface area contributed by atoms with Crippen LogP contribution in [0.15, 0.2) is 11.0 Å². The van der Waals surface area contributed by atoms with Crippen LogP contribution >= 0.6 is 0 Å². The van der Waals surface area contributed by atoms with Gasteiger partial charge in [0, 0.05) is 29.9 Å². The van der Waals surface area contributed by atoms with E-state index in [0.29, 0.717) is 10.6 Å². The number of nitrogens with zero attached hydrogens (tertiary/aromatic N) is 2. The number of hydrogen-bond donors (Lipinski definition) is 1. The zero-order valence-corrected chi connectivity index (χ0v) is 14.3. The van der Waals surface area contributed by atoms with Gasteiger partial charge in [-0.25, -0.2) is 4.79 Å². The number of ether oxygens (including phenoxy) is 1. The van der Waals surface area contributed by atoms with Gasteiger partial charge in [-0.1, -0.05) is 12.2 Å². The van der Waals surface area contributed by atoms with Crippen LogP contribution in [0.5, 0.6) is 0 Å². The van der Waals surface area contributed by atoms with Gasteiger partial charge in [-0.3, -0.25) is 4.79 Å². The highest BCUT2D eigenvalue weighted by Crippen LogP contribution is 2.16. The number of hydrogen-bond acceptors (Lipinski definition) is 5. The van der Waals surface area contributed by atoms with Crippen molar-refractivity contribution in [2.75, 3.05) is 26.7 Å². The molecule has 1 aliphatic rings. The van der Waals surface area contributed by atoms with Crippen molar-refractivity contribution in [3.63, 3.8) is 0 Å². The zero-order valence-electron chi connectivity index (χ0n) is 14.3. The van der Waals surface area contributed by atoms with Gasteiger partial charge >= 0.3 is 5.97 Å². The third kappa shape index (κ3) is 3.51. The first-order valence-corrected chi connectivity index (χ1v) is 7.98. The number of pyridine rings is 1. The van der Waals surface area contributed by atoms with Crippen LogP contribution in [0.3, 0.4) is 0 Å². The summed E-state index contributed by atoms with van der Waals surface area (Å²) in [5.74, 6) is -1.32.